The molecule has 0 spiro atoms. The molecule has 5 heterocycles. The van der Waals surface area contributed by atoms with E-state index in [1.807, 2.05) is 26.0 Å². The van der Waals surface area contributed by atoms with Crippen LogP contribution in [0.15, 0.2) is 62.1 Å². The Labute approximate surface area is 289 Å². The highest BCUT2D eigenvalue weighted by Crippen LogP contribution is 2.41. The molecule has 0 saturated carbocycles. The highest BCUT2D eigenvalue weighted by Gasteiger charge is 2.54. The third kappa shape index (κ3) is 6.73. The van der Waals surface area contributed by atoms with Gasteiger partial charge in [-0.3, -0.25) is 14.5 Å². The molecule has 6 rings (SSSR count). The Morgan fingerprint density at radius 2 is 1.94 bits per heavy atom. The van der Waals surface area contributed by atoms with Gasteiger partial charge in [0, 0.05) is 34.7 Å². The maximum absolute atomic E-state index is 13.4. The summed E-state index contributed by atoms with van der Waals surface area (Å²) >= 11 is 3.61. The number of nitrogens with two attached hydrogens (primary N) is 1. The maximum Gasteiger partial charge on any atom is 0.352 e. The third-order valence-corrected chi connectivity index (χ3v) is 11.7. The van der Waals surface area contributed by atoms with Gasteiger partial charge in [0.05, 0.1) is 10.6 Å². The Bertz CT molecular complexity index is 2200. The number of β-lactam (4-membered cyclic amide) rings is 1. The molecule has 0 radical (unpaired) electrons. The van der Waals surface area contributed by atoms with E-state index in [1.165, 1.54) is 28.9 Å². The van der Waals surface area contributed by atoms with Gasteiger partial charge in [0.25, 0.3) is 11.8 Å². The van der Waals surface area contributed by atoms with Crippen molar-refractivity contribution in [3.05, 3.63) is 64.1 Å². The lowest BCUT2D eigenvalue weighted by Gasteiger charge is -2.49. The number of thioether (sulfide) groups is 2. The van der Waals surface area contributed by atoms with Crippen LogP contribution in [0.3, 0.4) is 0 Å². The van der Waals surface area contributed by atoms with Crippen molar-refractivity contribution >= 4 is 79.0 Å². The van der Waals surface area contributed by atoms with E-state index in [2.05, 4.69) is 25.5 Å². The molecule has 1 saturated heterocycles. The van der Waals surface area contributed by atoms with E-state index in [0.29, 0.717) is 11.2 Å². The normalized spacial score (nSPS) is 18.0. The number of nitrogens with one attached hydrogen (secondary N) is 1. The minimum atomic E-state index is -4.20. The van der Waals surface area contributed by atoms with E-state index in [1.54, 1.807) is 4.52 Å². The van der Waals surface area contributed by atoms with Gasteiger partial charge in [-0.15, -0.1) is 34.9 Å². The van der Waals surface area contributed by atoms with Gasteiger partial charge in [-0.05, 0) is 37.6 Å². The number of amides is 2. The number of thiazole rings is 1. The molecule has 6 N–H and O–H groups in total. The molecular weight excluding hydrogens is 721 g/mol. The Morgan fingerprint density at radius 3 is 2.63 bits per heavy atom. The van der Waals surface area contributed by atoms with Crippen molar-refractivity contribution in [3.8, 4) is 11.5 Å². The summed E-state index contributed by atoms with van der Waals surface area (Å²) in [5.74, 6) is -4.62. The first-order valence-electron chi connectivity index (χ1n) is 14.1. The van der Waals surface area contributed by atoms with Gasteiger partial charge in [-0.2, -0.15) is 5.10 Å². The predicted octanol–water partition coefficient (Wildman–Crippen LogP) is 1.48. The summed E-state index contributed by atoms with van der Waals surface area (Å²) in [6.07, 6.45) is 0. The number of fused-ring (bicyclic) bond motifs is 2. The van der Waals surface area contributed by atoms with Gasteiger partial charge >= 0.3 is 5.97 Å². The molecule has 17 nitrogen and oxygen atoms in total. The smallest absolute Gasteiger partial charge is 0.352 e. The number of hydrogen-bond donors (Lipinski definition) is 5. The first-order chi connectivity index (χ1) is 23.2. The number of oxime groups is 1. The molecule has 256 valence electrons. The van der Waals surface area contributed by atoms with Gasteiger partial charge in [0.1, 0.15) is 27.8 Å². The van der Waals surface area contributed by atoms with E-state index in [4.69, 9.17) is 10.6 Å². The topological polar surface area (TPSA) is 252 Å². The lowest BCUT2D eigenvalue weighted by atomic mass is 10.0. The molecule has 3 aromatic heterocycles. The number of aromatic hydroxyl groups is 2. The van der Waals surface area contributed by atoms with Crippen LogP contribution in [0.1, 0.15) is 17.1 Å². The quantitative estimate of drug-likeness (QED) is 0.0364. The third-order valence-electron chi connectivity index (χ3n) is 7.22. The second-order valence-electron chi connectivity index (χ2n) is 10.7. The first-order valence-corrected chi connectivity index (χ1v) is 18.6. The molecule has 2 aliphatic rings. The van der Waals surface area contributed by atoms with E-state index in [9.17, 15) is 38.1 Å². The molecule has 1 aromatic carbocycles. The summed E-state index contributed by atoms with van der Waals surface area (Å²) in [5.41, 5.74) is 7.74. The zero-order valence-corrected chi connectivity index (χ0v) is 28.7. The van der Waals surface area contributed by atoms with Crippen LogP contribution in [0, 0.1) is 13.8 Å². The van der Waals surface area contributed by atoms with Crippen LogP contribution in [0.2, 0.25) is 0 Å². The summed E-state index contributed by atoms with van der Waals surface area (Å²) in [6, 6.07) is 5.40. The number of carboxylic acids is 1. The van der Waals surface area contributed by atoms with Crippen LogP contribution in [0.25, 0.3) is 5.65 Å². The van der Waals surface area contributed by atoms with Gasteiger partial charge in [-0.1, -0.05) is 5.16 Å². The van der Waals surface area contributed by atoms with Crippen molar-refractivity contribution in [2.24, 2.45) is 5.16 Å². The minimum absolute atomic E-state index is 0.0575. The Hall–Kier alpha value is -4.86. The molecule has 0 unspecified atom stereocenters. The van der Waals surface area contributed by atoms with E-state index >= 15 is 0 Å². The highest BCUT2D eigenvalue weighted by molar-refractivity contribution is 8.01. The number of nitrogens with zero attached hydrogens (tertiary/aromatic N) is 6. The lowest BCUT2D eigenvalue weighted by molar-refractivity contribution is -0.150. The SMILES string of the molecule is Cc1cc(SCC2=C(C(=O)O)N3C(=O)[C@@H](NC(=O)/C(=N\OCS(=O)(=O)c4ccc(O)c(O)c4)c4csc(N)n4)[C@H]3SC2)n2nc(C)cc2n1. The van der Waals surface area contributed by atoms with E-state index in [0.717, 1.165) is 50.8 Å². The Morgan fingerprint density at radius 1 is 1.16 bits per heavy atom. The van der Waals surface area contributed by atoms with Crippen molar-refractivity contribution in [2.45, 2.75) is 35.2 Å². The molecule has 1 fully saturated rings. The minimum Gasteiger partial charge on any atom is -0.504 e. The maximum atomic E-state index is 13.4. The molecule has 0 bridgehead atoms. The molecule has 0 aliphatic carbocycles. The summed E-state index contributed by atoms with van der Waals surface area (Å²) in [5, 5.41) is 41.4. The van der Waals surface area contributed by atoms with Crippen LogP contribution in [0.4, 0.5) is 5.13 Å². The average Bonchev–Trinajstić information content (AvgIpc) is 3.65. The molecule has 4 aromatic rings. The standard InChI is InChI=1S/C28H26N8O9S4/c1-12-6-20(36-19(30-12)5-13(2)33-36)46-8-14-9-47-26-22(25(40)35(26)23(14)27(41)42)32-24(39)21(16-10-48-28(29)31-16)34-45-11-49(43,44)15-3-4-17(37)18(38)7-15/h3-7,10,22,26,37-38H,8-9,11H2,1-2H3,(H2,29,31)(H,32,39)(H,41,42)/b34-21-/t22-,26-/m1/s1. The van der Waals surface area contributed by atoms with Gasteiger partial charge in [-0.25, -0.2) is 27.7 Å². The molecule has 49 heavy (non-hydrogen) atoms. The number of rotatable bonds is 11. The van der Waals surface area contributed by atoms with Crippen LogP contribution >= 0.6 is 34.9 Å². The number of benzene rings is 1. The summed E-state index contributed by atoms with van der Waals surface area (Å²) < 4.78 is 27.1. The number of phenols is 2. The zero-order valence-electron chi connectivity index (χ0n) is 25.4. The predicted molar refractivity (Wildman–Crippen MR) is 179 cm³/mol. The molecular formula is C28H26N8O9S4. The van der Waals surface area contributed by atoms with Gasteiger partial charge in [0.2, 0.25) is 15.8 Å². The van der Waals surface area contributed by atoms with Crippen molar-refractivity contribution < 1.29 is 43.0 Å². The van der Waals surface area contributed by atoms with Crippen LogP contribution in [0.5, 0.6) is 11.5 Å². The summed E-state index contributed by atoms with van der Waals surface area (Å²) in [6.45, 7) is 3.69. The number of carboxylic acid groups (broad SMARTS) is 1. The molecule has 2 aliphatic heterocycles. The van der Waals surface area contributed by atoms with Crippen molar-refractivity contribution in [3.63, 3.8) is 0 Å². The number of anilines is 1. The number of carbonyl (C=O) groups excluding carboxylic acids is 2. The second kappa shape index (κ2) is 13.2. The molecule has 2 amide bonds. The molecule has 2 atom stereocenters. The fourth-order valence-electron chi connectivity index (χ4n) is 4.97. The highest BCUT2D eigenvalue weighted by atomic mass is 32.2. The summed E-state index contributed by atoms with van der Waals surface area (Å²) in [4.78, 5) is 53.5. The fraction of sp³-hybridized carbons (Fsp3) is 0.250. The number of hydrogen-bond acceptors (Lipinski definition) is 16. The number of carbonyl (C=O) groups is 3. The zero-order chi connectivity index (χ0) is 35.2. The largest absolute Gasteiger partial charge is 0.504 e. The number of aryl methyl sites for hydroxylation is 2. The van der Waals surface area contributed by atoms with Crippen molar-refractivity contribution in [1.82, 2.24) is 29.8 Å². The number of sulfone groups is 1. The number of nitrogen functional groups attached to an aromatic ring is 1. The fourth-order valence-corrected chi connectivity index (χ4v) is 8.96. The van der Waals surface area contributed by atoms with Crippen LogP contribution in [-0.4, -0.2) is 101 Å². The average molecular weight is 747 g/mol. The number of aliphatic carboxylic acids is 1. The van der Waals surface area contributed by atoms with Crippen molar-refractivity contribution in [1.29, 1.82) is 0 Å². The summed E-state index contributed by atoms with van der Waals surface area (Å²) in [7, 11) is -4.20. The van der Waals surface area contributed by atoms with E-state index in [-0.39, 0.29) is 32.9 Å². The second-order valence-corrected chi connectivity index (χ2v) is 15.6. The first kappa shape index (κ1) is 34.0. The van der Waals surface area contributed by atoms with Crippen LogP contribution in [-0.2, 0) is 29.1 Å². The number of phenolic OH excluding ortho intramolecular Hbond substituents is 2. The van der Waals surface area contributed by atoms with Crippen molar-refractivity contribution in [2.75, 3.05) is 23.2 Å². The Balaban J connectivity index is 1.18. The lowest BCUT2D eigenvalue weighted by Crippen LogP contribution is -2.71. The van der Waals surface area contributed by atoms with Gasteiger partial charge < -0.3 is 31.2 Å². The number of aromatic nitrogens is 4. The monoisotopic (exact) mass is 746 g/mol. The molecule has 21 heteroatoms. The van der Waals surface area contributed by atoms with E-state index < -0.39 is 62.2 Å². The van der Waals surface area contributed by atoms with Gasteiger partial charge in [0.15, 0.2) is 28.0 Å². The van der Waals surface area contributed by atoms with Crippen LogP contribution < -0.4 is 11.1 Å². The Kier molecular flexibility index (Phi) is 9.17.